The Kier molecular flexibility index (Phi) is 10.0. The van der Waals surface area contributed by atoms with Crippen molar-refractivity contribution in [2.75, 3.05) is 44.2 Å². The number of nitrogens with zero attached hydrogens (tertiary/aromatic N) is 4. The van der Waals surface area contributed by atoms with E-state index in [0.717, 1.165) is 43.7 Å². The molecule has 0 atom stereocenters. The van der Waals surface area contributed by atoms with Crippen molar-refractivity contribution < 1.29 is 14.4 Å². The number of likely N-dealkylation sites (tertiary alicyclic amines) is 1. The first-order chi connectivity index (χ1) is 18.8. The molecule has 1 fully saturated rings. The van der Waals surface area contributed by atoms with E-state index in [1.807, 2.05) is 67.0 Å². The number of anilines is 1. The molecule has 0 aromatic heterocycles. The molecule has 8 heteroatoms. The second-order valence-electron chi connectivity index (χ2n) is 11.0. The number of hydrogen-bond donors (Lipinski definition) is 0. The summed E-state index contributed by atoms with van der Waals surface area (Å²) in [4.78, 5) is 47.4. The Morgan fingerprint density at radius 1 is 0.949 bits per heavy atom. The van der Waals surface area contributed by atoms with Gasteiger partial charge in [0.1, 0.15) is 0 Å². The zero-order valence-electron chi connectivity index (χ0n) is 23.4. The minimum absolute atomic E-state index is 0.0639. The predicted molar refractivity (Wildman–Crippen MR) is 155 cm³/mol. The molecule has 2 aliphatic heterocycles. The van der Waals surface area contributed by atoms with E-state index in [0.29, 0.717) is 44.2 Å². The lowest BCUT2D eigenvalue weighted by Crippen LogP contribution is -2.57. The molecule has 2 aromatic carbocycles. The molecule has 0 N–H and O–H groups in total. The molecule has 0 unspecified atom stereocenters. The van der Waals surface area contributed by atoms with Crippen LogP contribution in [0.4, 0.5) is 5.69 Å². The molecule has 4 rings (SSSR count). The zero-order chi connectivity index (χ0) is 27.9. The summed E-state index contributed by atoms with van der Waals surface area (Å²) < 4.78 is 0. The number of rotatable bonds is 6. The van der Waals surface area contributed by atoms with Crippen LogP contribution in [-0.2, 0) is 27.5 Å². The smallest absolute Gasteiger partial charge is 0.229 e. The fraction of sp³-hybridized carbons (Fsp3) is 0.516. The van der Waals surface area contributed by atoms with Crippen LogP contribution in [0.25, 0.3) is 0 Å². The Bertz CT molecular complexity index is 1150. The maximum atomic E-state index is 13.8. The SMILES string of the molecule is CCCC(=O)N1CCCN(Cc2ccccc2)CCN(C(=O)C2CN(C(=O)C(C)C)C2)Cc2ccc(Cl)cc21. The summed E-state index contributed by atoms with van der Waals surface area (Å²) in [5, 5.41) is 0.573. The molecule has 0 aliphatic carbocycles. The van der Waals surface area contributed by atoms with E-state index in [1.54, 1.807) is 4.90 Å². The molecule has 0 saturated carbocycles. The molecule has 0 spiro atoms. The summed E-state index contributed by atoms with van der Waals surface area (Å²) in [5.74, 6) is -0.0400. The monoisotopic (exact) mass is 552 g/mol. The van der Waals surface area contributed by atoms with Crippen molar-refractivity contribution in [2.24, 2.45) is 11.8 Å². The van der Waals surface area contributed by atoms with E-state index in [-0.39, 0.29) is 29.6 Å². The third-order valence-electron chi connectivity index (χ3n) is 7.60. The Balaban J connectivity index is 1.61. The largest absolute Gasteiger partial charge is 0.341 e. The summed E-state index contributed by atoms with van der Waals surface area (Å²) in [6, 6.07) is 16.0. The molecular weight excluding hydrogens is 512 g/mol. The van der Waals surface area contributed by atoms with E-state index in [1.165, 1.54) is 5.56 Å². The molecule has 210 valence electrons. The molecule has 0 radical (unpaired) electrons. The van der Waals surface area contributed by atoms with E-state index in [9.17, 15) is 14.4 Å². The van der Waals surface area contributed by atoms with Crippen molar-refractivity contribution in [3.8, 4) is 0 Å². The van der Waals surface area contributed by atoms with Crippen molar-refractivity contribution in [1.82, 2.24) is 14.7 Å². The molecule has 0 bridgehead atoms. The van der Waals surface area contributed by atoms with Crippen molar-refractivity contribution >= 4 is 35.0 Å². The Hall–Kier alpha value is -2.90. The lowest BCUT2D eigenvalue weighted by molar-refractivity contribution is -0.150. The standard InChI is InChI=1S/C31H41ClN4O3/c1-4-9-29(37)36-15-8-14-33(19-24-10-6-5-7-11-24)16-17-34(20-25-12-13-27(32)18-28(25)36)31(39)26-21-35(22-26)30(38)23(2)3/h5-7,10-13,18,23,26H,4,8-9,14-17,19-22H2,1-3H3. The van der Waals surface area contributed by atoms with Gasteiger partial charge < -0.3 is 14.7 Å². The van der Waals surface area contributed by atoms with E-state index in [2.05, 4.69) is 17.0 Å². The van der Waals surface area contributed by atoms with Crippen LogP contribution >= 0.6 is 11.6 Å². The molecule has 2 aliphatic rings. The van der Waals surface area contributed by atoms with Crippen molar-refractivity contribution in [3.05, 3.63) is 64.7 Å². The number of carbonyl (C=O) groups excluding carboxylic acids is 3. The average molecular weight is 553 g/mol. The number of fused-ring (bicyclic) bond motifs is 1. The summed E-state index contributed by atoms with van der Waals surface area (Å²) >= 11 is 6.42. The summed E-state index contributed by atoms with van der Waals surface area (Å²) in [5.41, 5.74) is 2.93. The molecular formula is C31H41ClN4O3. The van der Waals surface area contributed by atoms with Gasteiger partial charge in [-0.2, -0.15) is 0 Å². The Morgan fingerprint density at radius 2 is 1.69 bits per heavy atom. The van der Waals surface area contributed by atoms with Gasteiger partial charge in [-0.15, -0.1) is 0 Å². The van der Waals surface area contributed by atoms with Crippen LogP contribution in [0.1, 0.15) is 51.2 Å². The fourth-order valence-corrected chi connectivity index (χ4v) is 5.55. The lowest BCUT2D eigenvalue weighted by atomic mass is 9.96. The highest BCUT2D eigenvalue weighted by molar-refractivity contribution is 6.31. The maximum absolute atomic E-state index is 13.8. The molecule has 2 aromatic rings. The molecule has 1 saturated heterocycles. The van der Waals surface area contributed by atoms with E-state index >= 15 is 0 Å². The highest BCUT2D eigenvalue weighted by Crippen LogP contribution is 2.29. The highest BCUT2D eigenvalue weighted by atomic mass is 35.5. The van der Waals surface area contributed by atoms with E-state index < -0.39 is 0 Å². The average Bonchev–Trinajstić information content (AvgIpc) is 2.92. The van der Waals surface area contributed by atoms with Gasteiger partial charge in [0, 0.05) is 69.7 Å². The number of carbonyl (C=O) groups is 3. The van der Waals surface area contributed by atoms with E-state index in [4.69, 9.17) is 11.6 Å². The van der Waals surface area contributed by atoms with Gasteiger partial charge in [-0.3, -0.25) is 19.3 Å². The first-order valence-electron chi connectivity index (χ1n) is 14.2. The summed E-state index contributed by atoms with van der Waals surface area (Å²) in [6.45, 7) is 10.6. The fourth-order valence-electron chi connectivity index (χ4n) is 5.39. The summed E-state index contributed by atoms with van der Waals surface area (Å²) in [7, 11) is 0. The minimum Gasteiger partial charge on any atom is -0.341 e. The van der Waals surface area contributed by atoms with Crippen molar-refractivity contribution in [2.45, 2.75) is 53.1 Å². The highest BCUT2D eigenvalue weighted by Gasteiger charge is 2.38. The van der Waals surface area contributed by atoms with Gasteiger partial charge in [-0.1, -0.05) is 68.8 Å². The van der Waals surface area contributed by atoms with Crippen molar-refractivity contribution in [3.63, 3.8) is 0 Å². The molecule has 3 amide bonds. The Labute approximate surface area is 237 Å². The lowest BCUT2D eigenvalue weighted by Gasteiger charge is -2.42. The number of amides is 3. The van der Waals surface area contributed by atoms with Gasteiger partial charge in [0.25, 0.3) is 0 Å². The number of benzene rings is 2. The van der Waals surface area contributed by atoms with Crippen LogP contribution in [0.2, 0.25) is 5.02 Å². The second-order valence-corrected chi connectivity index (χ2v) is 11.5. The van der Waals surface area contributed by atoms with Crippen LogP contribution in [-0.4, -0.2) is 71.7 Å². The first-order valence-corrected chi connectivity index (χ1v) is 14.6. The van der Waals surface area contributed by atoms with Crippen molar-refractivity contribution in [1.29, 1.82) is 0 Å². The zero-order valence-corrected chi connectivity index (χ0v) is 24.2. The summed E-state index contributed by atoms with van der Waals surface area (Å²) in [6.07, 6.45) is 2.05. The maximum Gasteiger partial charge on any atom is 0.229 e. The quantitative estimate of drug-likeness (QED) is 0.515. The normalized spacial score (nSPS) is 17.4. The second kappa shape index (κ2) is 13.4. The molecule has 2 heterocycles. The van der Waals surface area contributed by atoms with Gasteiger partial charge in [-0.05, 0) is 36.1 Å². The first kappa shape index (κ1) is 29.1. The third kappa shape index (κ3) is 7.40. The number of hydrogen-bond acceptors (Lipinski definition) is 4. The predicted octanol–water partition coefficient (Wildman–Crippen LogP) is 4.82. The Morgan fingerprint density at radius 3 is 2.38 bits per heavy atom. The van der Waals surface area contributed by atoms with Gasteiger partial charge in [0.2, 0.25) is 17.7 Å². The van der Waals surface area contributed by atoms with Crippen LogP contribution in [0.3, 0.4) is 0 Å². The molecule has 7 nitrogen and oxygen atoms in total. The topological polar surface area (TPSA) is 64.2 Å². The molecule has 39 heavy (non-hydrogen) atoms. The minimum atomic E-state index is -0.200. The third-order valence-corrected chi connectivity index (χ3v) is 7.84. The number of halogens is 1. The van der Waals surface area contributed by atoms with Crippen LogP contribution in [0.15, 0.2) is 48.5 Å². The van der Waals surface area contributed by atoms with Crippen LogP contribution < -0.4 is 4.90 Å². The van der Waals surface area contributed by atoms with Gasteiger partial charge in [-0.25, -0.2) is 0 Å². The van der Waals surface area contributed by atoms with Crippen LogP contribution in [0, 0.1) is 11.8 Å². The van der Waals surface area contributed by atoms with Gasteiger partial charge in [0.05, 0.1) is 11.6 Å². The van der Waals surface area contributed by atoms with Crippen LogP contribution in [0.5, 0.6) is 0 Å². The van der Waals surface area contributed by atoms with Gasteiger partial charge >= 0.3 is 0 Å². The van der Waals surface area contributed by atoms with Gasteiger partial charge in [0.15, 0.2) is 0 Å².